The molecule has 0 aliphatic carbocycles. The predicted molar refractivity (Wildman–Crippen MR) is 89.5 cm³/mol. The maximum absolute atomic E-state index is 14.9. The summed E-state index contributed by atoms with van der Waals surface area (Å²) in [5.74, 6) is 5.24. The van der Waals surface area contributed by atoms with Gasteiger partial charge in [0.1, 0.15) is 5.69 Å². The van der Waals surface area contributed by atoms with Crippen LogP contribution in [0.4, 0.5) is 4.39 Å². The van der Waals surface area contributed by atoms with E-state index in [-0.39, 0.29) is 24.4 Å². The average molecular weight is 344 g/mol. The zero-order chi connectivity index (χ0) is 17.2. The van der Waals surface area contributed by atoms with Gasteiger partial charge in [-0.25, -0.2) is 17.8 Å². The highest BCUT2D eigenvalue weighted by molar-refractivity contribution is 7.89. The van der Waals surface area contributed by atoms with Crippen molar-refractivity contribution in [3.05, 3.63) is 59.9 Å². The van der Waals surface area contributed by atoms with Gasteiger partial charge in [-0.05, 0) is 42.7 Å². The van der Waals surface area contributed by atoms with Gasteiger partial charge in [-0.1, -0.05) is 24.1 Å². The van der Waals surface area contributed by atoms with E-state index < -0.39 is 15.7 Å². The van der Waals surface area contributed by atoms with Crippen LogP contribution < -0.4 is 0 Å². The van der Waals surface area contributed by atoms with Crippen LogP contribution in [0.15, 0.2) is 53.6 Å². The number of pyridine rings is 1. The number of benzene rings is 1. The molecule has 1 atom stereocenters. The first-order valence-electron chi connectivity index (χ1n) is 7.59. The number of rotatable bonds is 2. The van der Waals surface area contributed by atoms with E-state index >= 15 is 0 Å². The number of aryl methyl sites for hydroxylation is 1. The second-order valence-corrected chi connectivity index (χ2v) is 7.77. The summed E-state index contributed by atoms with van der Waals surface area (Å²) in [5, 5.41) is 0. The molecule has 0 bridgehead atoms. The Kier molecular flexibility index (Phi) is 4.39. The van der Waals surface area contributed by atoms with Crippen LogP contribution in [-0.4, -0.2) is 36.5 Å². The fourth-order valence-corrected chi connectivity index (χ4v) is 4.17. The highest BCUT2D eigenvalue weighted by Crippen LogP contribution is 2.30. The fourth-order valence-electron chi connectivity index (χ4n) is 2.58. The lowest BCUT2D eigenvalue weighted by molar-refractivity contribution is 0.259. The molecule has 124 valence electrons. The minimum atomic E-state index is -3.71. The zero-order valence-electron chi connectivity index (χ0n) is 13.2. The molecule has 0 spiro atoms. The first-order valence-corrected chi connectivity index (χ1v) is 9.03. The number of aromatic nitrogens is 1. The quantitative estimate of drug-likeness (QED) is 0.787. The second-order valence-electron chi connectivity index (χ2n) is 5.84. The lowest BCUT2D eigenvalue weighted by Crippen LogP contribution is -2.32. The molecule has 4 nitrogen and oxygen atoms in total. The standard InChI is InChI=1S/C18H17FN2O2S/c1-15-5-4-7-17(13-15)24(22,23)21-12-10-18(19,14-21)9-8-16-6-2-3-11-20-16/h2-7,11,13H,10,12,14H2,1H3. The Morgan fingerprint density at radius 2 is 2.08 bits per heavy atom. The topological polar surface area (TPSA) is 50.3 Å². The van der Waals surface area contributed by atoms with Crippen LogP contribution >= 0.6 is 0 Å². The molecule has 1 aliphatic heterocycles. The number of hydrogen-bond donors (Lipinski definition) is 0. The molecule has 1 aromatic heterocycles. The predicted octanol–water partition coefficient (Wildman–Crippen LogP) is 2.54. The Hall–Kier alpha value is -2.23. The summed E-state index contributed by atoms with van der Waals surface area (Å²) >= 11 is 0. The van der Waals surface area contributed by atoms with Gasteiger partial charge in [-0.3, -0.25) is 0 Å². The zero-order valence-corrected chi connectivity index (χ0v) is 14.1. The third-order valence-electron chi connectivity index (χ3n) is 3.89. The van der Waals surface area contributed by atoms with E-state index in [1.807, 2.05) is 13.0 Å². The van der Waals surface area contributed by atoms with Gasteiger partial charge in [0, 0.05) is 19.2 Å². The van der Waals surface area contributed by atoms with Crippen molar-refractivity contribution in [3.63, 3.8) is 0 Å². The summed E-state index contributed by atoms with van der Waals surface area (Å²) in [6.07, 6.45) is 1.63. The maximum atomic E-state index is 14.9. The van der Waals surface area contributed by atoms with Crippen LogP contribution in [0, 0.1) is 18.8 Å². The molecule has 3 rings (SSSR count). The second kappa shape index (κ2) is 6.34. The number of halogens is 1. The van der Waals surface area contributed by atoms with Gasteiger partial charge in [-0.2, -0.15) is 4.31 Å². The molecule has 0 radical (unpaired) electrons. The lowest BCUT2D eigenvalue weighted by atomic mass is 10.1. The van der Waals surface area contributed by atoms with Gasteiger partial charge in [0.15, 0.2) is 5.67 Å². The van der Waals surface area contributed by atoms with Gasteiger partial charge in [-0.15, -0.1) is 0 Å². The molecular formula is C18H17FN2O2S. The Labute approximate surface area is 141 Å². The molecule has 0 saturated carbocycles. The summed E-state index contributed by atoms with van der Waals surface area (Å²) in [4.78, 5) is 4.21. The van der Waals surface area contributed by atoms with Crippen LogP contribution in [0.25, 0.3) is 0 Å². The summed E-state index contributed by atoms with van der Waals surface area (Å²) in [5.41, 5.74) is -0.541. The van der Waals surface area contributed by atoms with E-state index in [9.17, 15) is 12.8 Å². The van der Waals surface area contributed by atoms with Crippen LogP contribution in [0.5, 0.6) is 0 Å². The molecule has 0 N–H and O–H groups in total. The molecule has 2 aromatic rings. The average Bonchev–Trinajstić information content (AvgIpc) is 2.98. The third-order valence-corrected chi connectivity index (χ3v) is 5.73. The molecule has 0 amide bonds. The molecule has 1 fully saturated rings. The molecule has 1 saturated heterocycles. The molecule has 1 aliphatic rings. The lowest BCUT2D eigenvalue weighted by Gasteiger charge is -2.17. The maximum Gasteiger partial charge on any atom is 0.243 e. The van der Waals surface area contributed by atoms with E-state index in [4.69, 9.17) is 0 Å². The smallest absolute Gasteiger partial charge is 0.243 e. The first kappa shape index (κ1) is 16.6. The monoisotopic (exact) mass is 344 g/mol. The van der Waals surface area contributed by atoms with Crippen molar-refractivity contribution in [2.75, 3.05) is 13.1 Å². The van der Waals surface area contributed by atoms with Crippen LogP contribution in [0.2, 0.25) is 0 Å². The van der Waals surface area contributed by atoms with Crippen molar-refractivity contribution in [1.82, 2.24) is 9.29 Å². The minimum absolute atomic E-state index is 0.0535. The Morgan fingerprint density at radius 3 is 2.79 bits per heavy atom. The van der Waals surface area contributed by atoms with Gasteiger partial charge < -0.3 is 0 Å². The van der Waals surface area contributed by atoms with E-state index in [2.05, 4.69) is 16.8 Å². The third kappa shape index (κ3) is 3.48. The van der Waals surface area contributed by atoms with Crippen molar-refractivity contribution in [1.29, 1.82) is 0 Å². The van der Waals surface area contributed by atoms with Gasteiger partial charge in [0.25, 0.3) is 0 Å². The highest BCUT2D eigenvalue weighted by Gasteiger charge is 2.42. The SMILES string of the molecule is Cc1cccc(S(=O)(=O)N2CCC(F)(C#Cc3ccccn3)C2)c1. The number of hydrogen-bond acceptors (Lipinski definition) is 3. The summed E-state index contributed by atoms with van der Waals surface area (Å²) in [7, 11) is -3.71. The fraction of sp³-hybridized carbons (Fsp3) is 0.278. The van der Waals surface area contributed by atoms with E-state index in [0.717, 1.165) is 9.87 Å². The van der Waals surface area contributed by atoms with E-state index in [1.54, 1.807) is 36.5 Å². The Morgan fingerprint density at radius 1 is 1.25 bits per heavy atom. The Balaban J connectivity index is 1.81. The summed E-state index contributed by atoms with van der Waals surface area (Å²) < 4.78 is 41.3. The summed E-state index contributed by atoms with van der Waals surface area (Å²) in [6.45, 7) is 1.67. The molecule has 24 heavy (non-hydrogen) atoms. The van der Waals surface area contributed by atoms with Crippen molar-refractivity contribution in [2.24, 2.45) is 0 Å². The van der Waals surface area contributed by atoms with E-state index in [0.29, 0.717) is 5.69 Å². The minimum Gasteiger partial charge on any atom is -0.248 e. The van der Waals surface area contributed by atoms with Gasteiger partial charge in [0.2, 0.25) is 10.0 Å². The van der Waals surface area contributed by atoms with Crippen molar-refractivity contribution >= 4 is 10.0 Å². The summed E-state index contributed by atoms with van der Waals surface area (Å²) in [6, 6.07) is 11.8. The van der Waals surface area contributed by atoms with Crippen molar-refractivity contribution < 1.29 is 12.8 Å². The largest absolute Gasteiger partial charge is 0.248 e. The van der Waals surface area contributed by atoms with Crippen LogP contribution in [0.1, 0.15) is 17.7 Å². The van der Waals surface area contributed by atoms with E-state index in [1.165, 1.54) is 6.07 Å². The molecule has 1 unspecified atom stereocenters. The Bertz CT molecular complexity index is 903. The van der Waals surface area contributed by atoms with Gasteiger partial charge >= 0.3 is 0 Å². The highest BCUT2D eigenvalue weighted by atomic mass is 32.2. The van der Waals surface area contributed by atoms with Crippen LogP contribution in [-0.2, 0) is 10.0 Å². The molecule has 1 aromatic carbocycles. The van der Waals surface area contributed by atoms with Gasteiger partial charge in [0.05, 0.1) is 11.4 Å². The van der Waals surface area contributed by atoms with Crippen LogP contribution in [0.3, 0.4) is 0 Å². The van der Waals surface area contributed by atoms with Crippen molar-refractivity contribution in [3.8, 4) is 11.8 Å². The molecule has 6 heteroatoms. The normalized spacial score (nSPS) is 21.2. The molecule has 2 heterocycles. The number of alkyl halides is 1. The first-order chi connectivity index (χ1) is 11.4. The number of nitrogens with zero attached hydrogens (tertiary/aromatic N) is 2. The van der Waals surface area contributed by atoms with Crippen molar-refractivity contribution in [2.45, 2.75) is 23.9 Å². The molecular weight excluding hydrogens is 327 g/mol. The number of sulfonamides is 1.